The number of hydrogen-bond acceptors (Lipinski definition) is 4. The molecule has 8 nitrogen and oxygen atoms in total. The van der Waals surface area contributed by atoms with Gasteiger partial charge in [-0.05, 0) is 55.1 Å². The minimum atomic E-state index is -0.294. The largest absolute Gasteiger partial charge is 0.357 e. The molecular formula is C31H40N6O2S. The summed E-state index contributed by atoms with van der Waals surface area (Å²) in [4.78, 5) is 26.8. The van der Waals surface area contributed by atoms with Crippen LogP contribution in [0.2, 0.25) is 0 Å². The molecule has 0 saturated heterocycles. The third kappa shape index (κ3) is 7.91. The Kier molecular flexibility index (Phi) is 10.3. The van der Waals surface area contributed by atoms with Gasteiger partial charge in [0.1, 0.15) is 5.69 Å². The first-order valence-corrected chi connectivity index (χ1v) is 14.5. The molecule has 3 aromatic rings. The van der Waals surface area contributed by atoms with Gasteiger partial charge in [-0.1, -0.05) is 75.2 Å². The van der Waals surface area contributed by atoms with Gasteiger partial charge in [0.05, 0.1) is 12.0 Å². The summed E-state index contributed by atoms with van der Waals surface area (Å²) in [6.07, 6.45) is 5.91. The lowest BCUT2D eigenvalue weighted by Gasteiger charge is -2.32. The van der Waals surface area contributed by atoms with Gasteiger partial charge in [0.15, 0.2) is 5.11 Å². The number of hydrogen-bond donors (Lipinski definition) is 4. The number of aryl methyl sites for hydroxylation is 1. The standard InChI is InChI=1S/C31H40N6O2S/c1-21(2)17-24(20-33-36-31(40)32-19-22-11-5-4-6-12-22)34-29(38)25-14-8-9-15-26(25)35-30(39)28-18-23-13-7-10-16-27(23)37(28)3/h4-7,10-13,16,18,20-21,24-26H,8-9,14-15,17,19H2,1-3H3,(H,34,38)(H,35,39)(H2,32,36,40)/b33-20+/t24?,25-,26+/m1/s1. The molecule has 212 valence electrons. The molecular weight excluding hydrogens is 520 g/mol. The van der Waals surface area contributed by atoms with Gasteiger partial charge in [0, 0.05) is 36.8 Å². The number of rotatable bonds is 10. The van der Waals surface area contributed by atoms with E-state index >= 15 is 0 Å². The van der Waals surface area contributed by atoms with Gasteiger partial charge in [-0.15, -0.1) is 0 Å². The van der Waals surface area contributed by atoms with Crippen LogP contribution in [0, 0.1) is 11.8 Å². The van der Waals surface area contributed by atoms with Crippen molar-refractivity contribution in [1.29, 1.82) is 0 Å². The van der Waals surface area contributed by atoms with E-state index < -0.39 is 0 Å². The first-order valence-electron chi connectivity index (χ1n) is 14.1. The molecule has 0 aliphatic heterocycles. The van der Waals surface area contributed by atoms with Crippen molar-refractivity contribution in [3.63, 3.8) is 0 Å². The molecule has 2 amide bonds. The number of hydrazone groups is 1. The predicted octanol–water partition coefficient (Wildman–Crippen LogP) is 4.65. The van der Waals surface area contributed by atoms with E-state index in [9.17, 15) is 9.59 Å². The van der Waals surface area contributed by atoms with Gasteiger partial charge in [0.2, 0.25) is 5.91 Å². The normalized spacial score (nSPS) is 18.0. The van der Waals surface area contributed by atoms with Crippen molar-refractivity contribution >= 4 is 46.3 Å². The summed E-state index contributed by atoms with van der Waals surface area (Å²) in [5, 5.41) is 15.2. The Bertz CT molecular complexity index is 1340. The lowest BCUT2D eigenvalue weighted by molar-refractivity contribution is -0.127. The van der Waals surface area contributed by atoms with E-state index in [0.717, 1.165) is 48.6 Å². The second-order valence-corrected chi connectivity index (χ2v) is 11.3. The number of benzene rings is 2. The zero-order valence-corrected chi connectivity index (χ0v) is 24.3. The fraction of sp³-hybridized carbons (Fsp3) is 0.419. The Hall–Kier alpha value is -3.72. The Labute approximate surface area is 242 Å². The van der Waals surface area contributed by atoms with E-state index in [-0.39, 0.29) is 29.8 Å². The molecule has 1 aromatic heterocycles. The summed E-state index contributed by atoms with van der Waals surface area (Å²) in [6, 6.07) is 19.3. The second-order valence-electron chi connectivity index (χ2n) is 10.9. The molecule has 1 fully saturated rings. The van der Waals surface area contributed by atoms with Gasteiger partial charge in [-0.2, -0.15) is 5.10 Å². The van der Waals surface area contributed by atoms with Crippen molar-refractivity contribution in [2.45, 2.75) is 64.6 Å². The molecule has 1 aliphatic carbocycles. The van der Waals surface area contributed by atoms with E-state index in [2.05, 4.69) is 40.3 Å². The zero-order valence-electron chi connectivity index (χ0n) is 23.5. The van der Waals surface area contributed by atoms with Crippen LogP contribution in [0.15, 0.2) is 65.8 Å². The Morgan fingerprint density at radius 3 is 2.55 bits per heavy atom. The monoisotopic (exact) mass is 560 g/mol. The van der Waals surface area contributed by atoms with Crippen LogP contribution in [0.4, 0.5) is 0 Å². The molecule has 1 saturated carbocycles. The second kappa shape index (κ2) is 14.1. The Morgan fingerprint density at radius 2 is 1.80 bits per heavy atom. The molecule has 0 bridgehead atoms. The summed E-state index contributed by atoms with van der Waals surface area (Å²) in [7, 11) is 1.90. The number of carbonyl (C=O) groups is 2. The summed E-state index contributed by atoms with van der Waals surface area (Å²) < 4.78 is 1.91. The molecule has 3 atom stereocenters. The molecule has 1 heterocycles. The number of nitrogens with zero attached hydrogens (tertiary/aromatic N) is 2. The molecule has 0 radical (unpaired) electrons. The van der Waals surface area contributed by atoms with Crippen LogP contribution in [0.3, 0.4) is 0 Å². The zero-order chi connectivity index (χ0) is 28.5. The third-order valence-corrected chi connectivity index (χ3v) is 7.61. The van der Waals surface area contributed by atoms with Crippen LogP contribution >= 0.6 is 12.2 Å². The highest BCUT2D eigenvalue weighted by Gasteiger charge is 2.33. The van der Waals surface area contributed by atoms with Gasteiger partial charge in [0.25, 0.3) is 5.91 Å². The summed E-state index contributed by atoms with van der Waals surface area (Å²) >= 11 is 5.34. The molecule has 4 rings (SSSR count). The predicted molar refractivity (Wildman–Crippen MR) is 165 cm³/mol. The maximum Gasteiger partial charge on any atom is 0.268 e. The number of fused-ring (bicyclic) bond motifs is 1. The third-order valence-electron chi connectivity index (χ3n) is 7.37. The quantitative estimate of drug-likeness (QED) is 0.164. The lowest BCUT2D eigenvalue weighted by atomic mass is 9.83. The van der Waals surface area contributed by atoms with E-state index in [1.54, 1.807) is 6.21 Å². The Morgan fingerprint density at radius 1 is 1.07 bits per heavy atom. The molecule has 1 unspecified atom stereocenters. The van der Waals surface area contributed by atoms with Crippen LogP contribution < -0.4 is 21.4 Å². The van der Waals surface area contributed by atoms with Gasteiger partial charge in [-0.25, -0.2) is 0 Å². The first-order chi connectivity index (χ1) is 19.3. The van der Waals surface area contributed by atoms with E-state index in [1.165, 1.54) is 0 Å². The number of para-hydroxylation sites is 1. The van der Waals surface area contributed by atoms with Gasteiger partial charge < -0.3 is 20.5 Å². The highest BCUT2D eigenvalue weighted by molar-refractivity contribution is 7.80. The SMILES string of the molecule is CC(C)CC(/C=N/NC(=S)NCc1ccccc1)NC(=O)[C@@H]1CCCC[C@@H]1NC(=O)c1cc2ccccc2n1C. The number of aromatic nitrogens is 1. The smallest absolute Gasteiger partial charge is 0.268 e. The maximum absolute atomic E-state index is 13.5. The Balaban J connectivity index is 1.35. The summed E-state index contributed by atoms with van der Waals surface area (Å²) in [5.41, 5.74) is 5.58. The number of carbonyl (C=O) groups excluding carboxylic acids is 2. The number of thiocarbonyl (C=S) groups is 1. The molecule has 40 heavy (non-hydrogen) atoms. The van der Waals surface area contributed by atoms with Crippen molar-refractivity contribution in [2.24, 2.45) is 24.0 Å². The molecule has 1 aliphatic rings. The fourth-order valence-corrected chi connectivity index (χ4v) is 5.45. The molecule has 4 N–H and O–H groups in total. The number of amides is 2. The van der Waals surface area contributed by atoms with Crippen LogP contribution in [-0.2, 0) is 18.4 Å². The van der Waals surface area contributed by atoms with Crippen LogP contribution in [0.5, 0.6) is 0 Å². The van der Waals surface area contributed by atoms with Crippen LogP contribution in [0.1, 0.15) is 62.0 Å². The minimum Gasteiger partial charge on any atom is -0.357 e. The van der Waals surface area contributed by atoms with E-state index in [4.69, 9.17) is 12.2 Å². The van der Waals surface area contributed by atoms with E-state index in [0.29, 0.717) is 23.3 Å². The molecule has 9 heteroatoms. The molecule has 0 spiro atoms. The highest BCUT2D eigenvalue weighted by Crippen LogP contribution is 2.26. The van der Waals surface area contributed by atoms with Gasteiger partial charge in [-0.3, -0.25) is 15.0 Å². The maximum atomic E-state index is 13.5. The van der Waals surface area contributed by atoms with Crippen LogP contribution in [0.25, 0.3) is 10.9 Å². The molecule has 2 aromatic carbocycles. The summed E-state index contributed by atoms with van der Waals surface area (Å²) in [5.74, 6) is -0.140. The van der Waals surface area contributed by atoms with Crippen LogP contribution in [-0.4, -0.2) is 39.8 Å². The first kappa shape index (κ1) is 29.3. The summed E-state index contributed by atoms with van der Waals surface area (Å²) in [6.45, 7) is 4.82. The highest BCUT2D eigenvalue weighted by atomic mass is 32.1. The van der Waals surface area contributed by atoms with Gasteiger partial charge >= 0.3 is 0 Å². The average molecular weight is 561 g/mol. The van der Waals surface area contributed by atoms with Crippen molar-refractivity contribution in [3.8, 4) is 0 Å². The van der Waals surface area contributed by atoms with Crippen molar-refractivity contribution < 1.29 is 9.59 Å². The fourth-order valence-electron chi connectivity index (χ4n) is 5.32. The van der Waals surface area contributed by atoms with E-state index in [1.807, 2.05) is 72.3 Å². The minimum absolute atomic E-state index is 0.0519. The average Bonchev–Trinajstić information content (AvgIpc) is 3.29. The van der Waals surface area contributed by atoms with Crippen molar-refractivity contribution in [2.75, 3.05) is 0 Å². The lowest BCUT2D eigenvalue weighted by Crippen LogP contribution is -2.51. The van der Waals surface area contributed by atoms with Crippen molar-refractivity contribution in [3.05, 3.63) is 71.9 Å². The van der Waals surface area contributed by atoms with Crippen molar-refractivity contribution in [1.82, 2.24) is 25.9 Å². The topological polar surface area (TPSA) is 99.6 Å². The number of nitrogens with one attached hydrogen (secondary N) is 4.